The average Bonchev–Trinajstić information content (AvgIpc) is 2.15. The van der Waals surface area contributed by atoms with Crippen LogP contribution in [0.5, 0.6) is 0 Å². The van der Waals surface area contributed by atoms with Gasteiger partial charge in [-0.05, 0) is 5.56 Å². The third-order valence-electron chi connectivity index (χ3n) is 1.80. The van der Waals surface area contributed by atoms with Crippen LogP contribution >= 0.6 is 22.6 Å². The highest BCUT2D eigenvalue weighted by Crippen LogP contribution is 2.26. The predicted molar refractivity (Wildman–Crippen MR) is 64.1 cm³/mol. The zero-order valence-electron chi connectivity index (χ0n) is 7.59. The molecule has 0 spiro atoms. The molecule has 1 rings (SSSR count). The van der Waals surface area contributed by atoms with E-state index in [1.54, 1.807) is 46.9 Å². The van der Waals surface area contributed by atoms with Gasteiger partial charge < -0.3 is 5.11 Å². The van der Waals surface area contributed by atoms with Gasteiger partial charge in [0.05, 0.1) is 0 Å². The first kappa shape index (κ1) is 11.9. The SMILES string of the molecule is CS(=O)(=O)[C@H](I)[C@H](O)c1ccccc1. The Kier molecular flexibility index (Phi) is 3.91. The summed E-state index contributed by atoms with van der Waals surface area (Å²) >= 11 is 1.74. The van der Waals surface area contributed by atoms with Crippen molar-refractivity contribution in [3.8, 4) is 0 Å². The number of halogens is 1. The second-order valence-electron chi connectivity index (χ2n) is 3.04. The number of rotatable bonds is 3. The molecule has 78 valence electrons. The summed E-state index contributed by atoms with van der Waals surface area (Å²) in [6.45, 7) is 0. The molecule has 14 heavy (non-hydrogen) atoms. The van der Waals surface area contributed by atoms with Crippen molar-refractivity contribution in [1.82, 2.24) is 0 Å². The van der Waals surface area contributed by atoms with E-state index in [1.807, 2.05) is 6.07 Å². The van der Waals surface area contributed by atoms with E-state index in [0.717, 1.165) is 6.26 Å². The van der Waals surface area contributed by atoms with Crippen LogP contribution in [0.3, 0.4) is 0 Å². The van der Waals surface area contributed by atoms with Crippen LogP contribution in [0.1, 0.15) is 11.7 Å². The maximum atomic E-state index is 11.2. The van der Waals surface area contributed by atoms with Gasteiger partial charge in [-0.2, -0.15) is 0 Å². The number of benzene rings is 1. The highest BCUT2D eigenvalue weighted by atomic mass is 127. The number of hydrogen-bond donors (Lipinski definition) is 1. The second-order valence-corrected chi connectivity index (χ2v) is 7.39. The Morgan fingerprint density at radius 1 is 1.29 bits per heavy atom. The average molecular weight is 326 g/mol. The van der Waals surface area contributed by atoms with Crippen LogP contribution in [0.4, 0.5) is 0 Å². The molecule has 2 atom stereocenters. The third kappa shape index (κ3) is 2.93. The van der Waals surface area contributed by atoms with Gasteiger partial charge in [0.15, 0.2) is 9.84 Å². The molecule has 0 amide bonds. The molecule has 0 fully saturated rings. The van der Waals surface area contributed by atoms with E-state index in [9.17, 15) is 13.5 Å². The summed E-state index contributed by atoms with van der Waals surface area (Å²) in [5.41, 5.74) is 0.623. The molecule has 0 aliphatic carbocycles. The molecule has 0 saturated heterocycles. The van der Waals surface area contributed by atoms with Crippen molar-refractivity contribution in [3.63, 3.8) is 0 Å². The first-order chi connectivity index (χ1) is 6.43. The van der Waals surface area contributed by atoms with Crippen LogP contribution in [0.15, 0.2) is 30.3 Å². The van der Waals surface area contributed by atoms with Crippen LogP contribution in [0, 0.1) is 0 Å². The van der Waals surface area contributed by atoms with Crippen LogP contribution < -0.4 is 0 Å². The summed E-state index contributed by atoms with van der Waals surface area (Å²) in [7, 11) is -3.21. The van der Waals surface area contributed by atoms with Gasteiger partial charge in [-0.15, -0.1) is 0 Å². The molecular weight excluding hydrogens is 315 g/mol. The number of sulfone groups is 1. The first-order valence-electron chi connectivity index (χ1n) is 3.99. The lowest BCUT2D eigenvalue weighted by atomic mass is 10.1. The van der Waals surface area contributed by atoms with Crippen LogP contribution in [-0.4, -0.2) is 23.0 Å². The van der Waals surface area contributed by atoms with Gasteiger partial charge in [0.1, 0.15) is 9.36 Å². The van der Waals surface area contributed by atoms with E-state index < -0.39 is 19.2 Å². The molecule has 0 bridgehead atoms. The highest BCUT2D eigenvalue weighted by molar-refractivity contribution is 14.1. The van der Waals surface area contributed by atoms with Gasteiger partial charge in [0.25, 0.3) is 0 Å². The molecule has 1 aromatic carbocycles. The van der Waals surface area contributed by atoms with Crippen LogP contribution in [0.2, 0.25) is 0 Å². The summed E-state index contributed by atoms with van der Waals surface area (Å²) in [6.07, 6.45) is 0.155. The molecule has 0 unspecified atom stereocenters. The minimum absolute atomic E-state index is 0.623. The largest absolute Gasteiger partial charge is 0.386 e. The fourth-order valence-corrected chi connectivity index (χ4v) is 2.08. The smallest absolute Gasteiger partial charge is 0.162 e. The van der Waals surface area contributed by atoms with Crippen molar-refractivity contribution in [2.24, 2.45) is 0 Å². The summed E-state index contributed by atoms with van der Waals surface area (Å²) in [4.78, 5) is 0. The Balaban J connectivity index is 2.92. The topological polar surface area (TPSA) is 54.4 Å². The Hall–Kier alpha value is -0.140. The van der Waals surface area contributed by atoms with Gasteiger partial charge >= 0.3 is 0 Å². The fourth-order valence-electron chi connectivity index (χ4n) is 1.04. The van der Waals surface area contributed by atoms with E-state index in [2.05, 4.69) is 0 Å². The minimum Gasteiger partial charge on any atom is -0.386 e. The number of alkyl halides is 1. The Morgan fingerprint density at radius 3 is 2.21 bits per heavy atom. The normalized spacial score (nSPS) is 16.2. The summed E-state index contributed by atoms with van der Waals surface area (Å²) in [5.74, 6) is 0. The number of hydrogen-bond acceptors (Lipinski definition) is 3. The van der Waals surface area contributed by atoms with E-state index in [-0.39, 0.29) is 0 Å². The monoisotopic (exact) mass is 326 g/mol. The van der Waals surface area contributed by atoms with Crippen LogP contribution in [-0.2, 0) is 9.84 Å². The van der Waals surface area contributed by atoms with Crippen LogP contribution in [0.25, 0.3) is 0 Å². The maximum Gasteiger partial charge on any atom is 0.162 e. The van der Waals surface area contributed by atoms with Crippen molar-refractivity contribution >= 4 is 32.4 Å². The number of aliphatic hydroxyl groups is 1. The molecule has 0 aliphatic heterocycles. The van der Waals surface area contributed by atoms with Gasteiger partial charge in [-0.25, -0.2) is 8.42 Å². The summed E-state index contributed by atoms with van der Waals surface area (Å²) < 4.78 is 21.6. The lowest BCUT2D eigenvalue weighted by Crippen LogP contribution is -2.21. The Bertz CT molecular complexity index is 388. The number of aliphatic hydroxyl groups excluding tert-OH is 1. The molecule has 0 heterocycles. The van der Waals surface area contributed by atoms with E-state index in [1.165, 1.54) is 0 Å². The summed E-state index contributed by atoms with van der Waals surface area (Å²) in [6, 6.07) is 8.77. The molecule has 1 aromatic rings. The first-order valence-corrected chi connectivity index (χ1v) is 7.19. The third-order valence-corrected chi connectivity index (χ3v) is 6.33. The van der Waals surface area contributed by atoms with Gasteiger partial charge in [0.2, 0.25) is 0 Å². The van der Waals surface area contributed by atoms with Gasteiger partial charge in [-0.3, -0.25) is 0 Å². The minimum atomic E-state index is -3.21. The maximum absolute atomic E-state index is 11.2. The van der Waals surface area contributed by atoms with Crippen molar-refractivity contribution in [1.29, 1.82) is 0 Å². The standard InChI is InChI=1S/C9H11IO3S/c1-14(12,13)9(10)8(11)7-5-3-2-4-6-7/h2-6,8-9,11H,1H3/t8-,9+/m1/s1. The van der Waals surface area contributed by atoms with Gasteiger partial charge in [0, 0.05) is 6.26 Å². The molecule has 0 saturated carbocycles. The van der Waals surface area contributed by atoms with E-state index in [4.69, 9.17) is 0 Å². The highest BCUT2D eigenvalue weighted by Gasteiger charge is 2.26. The van der Waals surface area contributed by atoms with E-state index >= 15 is 0 Å². The lowest BCUT2D eigenvalue weighted by Gasteiger charge is -2.15. The molecule has 1 N–H and O–H groups in total. The Morgan fingerprint density at radius 2 is 1.79 bits per heavy atom. The second kappa shape index (κ2) is 4.59. The molecule has 0 aromatic heterocycles. The summed E-state index contributed by atoms with van der Waals surface area (Å²) in [5, 5.41) is 9.74. The molecule has 0 radical (unpaired) electrons. The molecule has 0 aliphatic rings. The zero-order valence-corrected chi connectivity index (χ0v) is 10.6. The fraction of sp³-hybridized carbons (Fsp3) is 0.333. The van der Waals surface area contributed by atoms with Crippen molar-refractivity contribution in [2.75, 3.05) is 6.26 Å². The predicted octanol–water partition coefficient (Wildman–Crippen LogP) is 1.53. The van der Waals surface area contributed by atoms with Gasteiger partial charge in [-0.1, -0.05) is 52.9 Å². The molecular formula is C9H11IO3S. The lowest BCUT2D eigenvalue weighted by molar-refractivity contribution is 0.197. The van der Waals surface area contributed by atoms with Crippen molar-refractivity contribution in [3.05, 3.63) is 35.9 Å². The quantitative estimate of drug-likeness (QED) is 0.677. The zero-order chi connectivity index (χ0) is 10.8. The van der Waals surface area contributed by atoms with Crippen molar-refractivity contribution < 1.29 is 13.5 Å². The van der Waals surface area contributed by atoms with Crippen molar-refractivity contribution in [2.45, 2.75) is 9.36 Å². The van der Waals surface area contributed by atoms with E-state index in [0.29, 0.717) is 5.56 Å². The Labute approximate surface area is 97.2 Å². The molecule has 3 nitrogen and oxygen atoms in total. The molecule has 5 heteroatoms.